The normalized spacial score (nSPS) is 22.2. The predicted molar refractivity (Wildman–Crippen MR) is 66.1 cm³/mol. The summed E-state index contributed by atoms with van der Waals surface area (Å²) in [5.74, 6) is 1.14. The van der Waals surface area contributed by atoms with E-state index in [4.69, 9.17) is 27.9 Å². The molecule has 1 heterocycles. The highest BCUT2D eigenvalue weighted by atomic mass is 35.5. The third-order valence-electron chi connectivity index (χ3n) is 3.18. The summed E-state index contributed by atoms with van der Waals surface area (Å²) >= 11 is 11.9. The van der Waals surface area contributed by atoms with Crippen molar-refractivity contribution in [3.63, 3.8) is 0 Å². The fourth-order valence-corrected chi connectivity index (χ4v) is 2.67. The molecule has 0 bridgehead atoms. The topological polar surface area (TPSA) is 21.3 Å². The fraction of sp³-hybridized carbons (Fsp3) is 1.00. The molecule has 4 heteroatoms. The molecule has 15 heavy (non-hydrogen) atoms. The van der Waals surface area contributed by atoms with Crippen molar-refractivity contribution in [1.29, 1.82) is 0 Å². The molecule has 0 aromatic rings. The zero-order valence-corrected chi connectivity index (χ0v) is 10.9. The number of rotatable bonds is 7. The third kappa shape index (κ3) is 4.10. The van der Waals surface area contributed by atoms with Crippen LogP contribution in [0.2, 0.25) is 0 Å². The molecular weight excluding hydrogens is 233 g/mol. The van der Waals surface area contributed by atoms with E-state index in [0.29, 0.717) is 17.9 Å². The second-order valence-electron chi connectivity index (χ2n) is 4.25. The maximum absolute atomic E-state index is 5.94. The number of halogens is 2. The van der Waals surface area contributed by atoms with Crippen LogP contribution in [-0.2, 0) is 4.74 Å². The van der Waals surface area contributed by atoms with E-state index in [0.717, 1.165) is 26.0 Å². The lowest BCUT2D eigenvalue weighted by Gasteiger charge is -2.30. The Balaban J connectivity index is 2.21. The van der Waals surface area contributed by atoms with E-state index in [9.17, 15) is 0 Å². The third-order valence-corrected chi connectivity index (χ3v) is 4.20. The first-order valence-electron chi connectivity index (χ1n) is 5.75. The van der Waals surface area contributed by atoms with Gasteiger partial charge in [0.2, 0.25) is 0 Å². The minimum atomic E-state index is -0.0955. The second kappa shape index (κ2) is 6.95. The van der Waals surface area contributed by atoms with Crippen LogP contribution in [0, 0.1) is 0 Å². The van der Waals surface area contributed by atoms with Gasteiger partial charge in [0.15, 0.2) is 0 Å². The second-order valence-corrected chi connectivity index (χ2v) is 4.79. The van der Waals surface area contributed by atoms with Crippen LogP contribution in [0.4, 0.5) is 0 Å². The molecule has 1 N–H and O–H groups in total. The Morgan fingerprint density at radius 1 is 1.40 bits per heavy atom. The van der Waals surface area contributed by atoms with Gasteiger partial charge in [-0.05, 0) is 32.2 Å². The van der Waals surface area contributed by atoms with Gasteiger partial charge in [0, 0.05) is 23.9 Å². The minimum absolute atomic E-state index is 0.0955. The van der Waals surface area contributed by atoms with E-state index in [1.165, 1.54) is 12.8 Å². The van der Waals surface area contributed by atoms with Crippen molar-refractivity contribution in [3.05, 3.63) is 0 Å². The predicted octanol–water partition coefficient (Wildman–Crippen LogP) is 2.77. The van der Waals surface area contributed by atoms with Crippen molar-refractivity contribution in [3.8, 4) is 0 Å². The first-order valence-corrected chi connectivity index (χ1v) is 6.82. The molecule has 1 fully saturated rings. The summed E-state index contributed by atoms with van der Waals surface area (Å²) in [6.45, 7) is 3.98. The van der Waals surface area contributed by atoms with Gasteiger partial charge in [0.05, 0.1) is 6.10 Å². The van der Waals surface area contributed by atoms with Gasteiger partial charge in [0.25, 0.3) is 0 Å². The Hall–Kier alpha value is 0.500. The summed E-state index contributed by atoms with van der Waals surface area (Å²) < 4.78 is 5.56. The van der Waals surface area contributed by atoms with Crippen molar-refractivity contribution in [2.75, 3.05) is 24.9 Å². The Morgan fingerprint density at radius 3 is 2.60 bits per heavy atom. The van der Waals surface area contributed by atoms with E-state index < -0.39 is 0 Å². The highest BCUT2D eigenvalue weighted by Gasteiger charge is 2.25. The summed E-state index contributed by atoms with van der Waals surface area (Å²) in [5.41, 5.74) is -0.0955. The molecule has 1 aliphatic rings. The quantitative estimate of drug-likeness (QED) is 0.705. The zero-order valence-electron chi connectivity index (χ0n) is 9.40. The SMILES string of the molecule is CCC(CCl)(CCl)NCCC1CCCO1. The average molecular weight is 254 g/mol. The van der Waals surface area contributed by atoms with Crippen molar-refractivity contribution >= 4 is 23.2 Å². The lowest BCUT2D eigenvalue weighted by atomic mass is 10.0. The fourth-order valence-electron chi connectivity index (χ4n) is 1.81. The molecule has 0 saturated carbocycles. The Bertz CT molecular complexity index is 160. The van der Waals surface area contributed by atoms with Gasteiger partial charge in [-0.3, -0.25) is 0 Å². The highest BCUT2D eigenvalue weighted by molar-refractivity contribution is 6.22. The molecular formula is C11H21Cl2NO. The van der Waals surface area contributed by atoms with Crippen molar-refractivity contribution in [2.24, 2.45) is 0 Å². The first kappa shape index (κ1) is 13.6. The van der Waals surface area contributed by atoms with Gasteiger partial charge in [-0.15, -0.1) is 23.2 Å². The standard InChI is InChI=1S/C11H21Cl2NO/c1-2-11(8-12,9-13)14-6-5-10-4-3-7-15-10/h10,14H,2-9H2,1H3. The lowest BCUT2D eigenvalue weighted by molar-refractivity contribution is 0.102. The minimum Gasteiger partial charge on any atom is -0.378 e. The molecule has 0 aromatic carbocycles. The summed E-state index contributed by atoms with van der Waals surface area (Å²) in [6, 6.07) is 0. The highest BCUT2D eigenvalue weighted by Crippen LogP contribution is 2.17. The number of alkyl halides is 2. The van der Waals surface area contributed by atoms with E-state index >= 15 is 0 Å². The smallest absolute Gasteiger partial charge is 0.0588 e. The van der Waals surface area contributed by atoms with Gasteiger partial charge >= 0.3 is 0 Å². The average Bonchev–Trinajstić information content (AvgIpc) is 2.78. The van der Waals surface area contributed by atoms with Crippen LogP contribution in [0.25, 0.3) is 0 Å². The molecule has 1 rings (SSSR count). The summed E-state index contributed by atoms with van der Waals surface area (Å²) in [5, 5.41) is 3.47. The van der Waals surface area contributed by atoms with E-state index in [2.05, 4.69) is 12.2 Å². The van der Waals surface area contributed by atoms with Gasteiger partial charge in [-0.2, -0.15) is 0 Å². The lowest BCUT2D eigenvalue weighted by Crippen LogP contribution is -2.49. The monoisotopic (exact) mass is 253 g/mol. The first-order chi connectivity index (χ1) is 7.26. The molecule has 0 spiro atoms. The number of ether oxygens (including phenoxy) is 1. The summed E-state index contributed by atoms with van der Waals surface area (Å²) in [7, 11) is 0. The molecule has 1 unspecified atom stereocenters. The molecule has 1 saturated heterocycles. The number of hydrogen-bond donors (Lipinski definition) is 1. The van der Waals surface area contributed by atoms with Gasteiger partial charge in [-0.25, -0.2) is 0 Å². The molecule has 0 aromatic heterocycles. The van der Waals surface area contributed by atoms with E-state index in [1.54, 1.807) is 0 Å². The van der Waals surface area contributed by atoms with Crippen LogP contribution in [0.1, 0.15) is 32.6 Å². The van der Waals surface area contributed by atoms with Crippen LogP contribution in [0.3, 0.4) is 0 Å². The van der Waals surface area contributed by atoms with Gasteiger partial charge < -0.3 is 10.1 Å². The number of hydrogen-bond acceptors (Lipinski definition) is 2. The number of nitrogens with one attached hydrogen (secondary N) is 1. The Labute approximate surface area is 103 Å². The van der Waals surface area contributed by atoms with Gasteiger partial charge in [-0.1, -0.05) is 6.92 Å². The molecule has 90 valence electrons. The summed E-state index contributed by atoms with van der Waals surface area (Å²) in [4.78, 5) is 0. The van der Waals surface area contributed by atoms with Crippen LogP contribution < -0.4 is 5.32 Å². The van der Waals surface area contributed by atoms with Crippen LogP contribution in [0.15, 0.2) is 0 Å². The maximum Gasteiger partial charge on any atom is 0.0588 e. The van der Waals surface area contributed by atoms with Gasteiger partial charge in [0.1, 0.15) is 0 Å². The van der Waals surface area contributed by atoms with Crippen molar-refractivity contribution < 1.29 is 4.74 Å². The zero-order chi connectivity index (χ0) is 11.1. The van der Waals surface area contributed by atoms with E-state index in [-0.39, 0.29) is 5.54 Å². The maximum atomic E-state index is 5.94. The summed E-state index contributed by atoms with van der Waals surface area (Å²) in [6.07, 6.45) is 4.87. The molecule has 0 amide bonds. The van der Waals surface area contributed by atoms with Crippen LogP contribution in [-0.4, -0.2) is 36.6 Å². The van der Waals surface area contributed by atoms with Crippen LogP contribution in [0.5, 0.6) is 0 Å². The van der Waals surface area contributed by atoms with E-state index in [1.807, 2.05) is 0 Å². The molecule has 2 nitrogen and oxygen atoms in total. The molecule has 1 atom stereocenters. The Kier molecular flexibility index (Phi) is 6.28. The van der Waals surface area contributed by atoms with Crippen molar-refractivity contribution in [1.82, 2.24) is 5.32 Å². The molecule has 0 aliphatic carbocycles. The van der Waals surface area contributed by atoms with Crippen molar-refractivity contribution in [2.45, 2.75) is 44.2 Å². The molecule has 1 aliphatic heterocycles. The largest absolute Gasteiger partial charge is 0.378 e. The van der Waals surface area contributed by atoms with Crippen LogP contribution >= 0.6 is 23.2 Å². The molecule has 0 radical (unpaired) electrons. The Morgan fingerprint density at radius 2 is 2.13 bits per heavy atom.